The van der Waals surface area contributed by atoms with Crippen LogP contribution >= 0.6 is 0 Å². The first-order valence-corrected chi connectivity index (χ1v) is 8.50. The van der Waals surface area contributed by atoms with Crippen molar-refractivity contribution < 1.29 is 9.53 Å². The van der Waals surface area contributed by atoms with E-state index in [-0.39, 0.29) is 17.9 Å². The molecule has 2 atom stereocenters. The van der Waals surface area contributed by atoms with Crippen LogP contribution in [-0.2, 0) is 11.3 Å². The molecule has 0 bridgehead atoms. The fraction of sp³-hybridized carbons (Fsp3) is 0.611. The molecular formula is C18H26N2O2. The van der Waals surface area contributed by atoms with Gasteiger partial charge in [-0.1, -0.05) is 18.2 Å². The van der Waals surface area contributed by atoms with Crippen LogP contribution in [0.5, 0.6) is 5.75 Å². The number of ether oxygens (including phenoxy) is 1. The minimum Gasteiger partial charge on any atom is -0.490 e. The fourth-order valence-corrected chi connectivity index (χ4v) is 3.53. The minimum atomic E-state index is 0.0814. The van der Waals surface area contributed by atoms with E-state index in [1.165, 1.54) is 12.8 Å². The van der Waals surface area contributed by atoms with Gasteiger partial charge in [-0.2, -0.15) is 0 Å². The van der Waals surface area contributed by atoms with E-state index in [0.717, 1.165) is 43.4 Å². The van der Waals surface area contributed by atoms with Crippen molar-refractivity contribution in [1.82, 2.24) is 5.32 Å². The standard InChI is InChI=1S/C18H26N2O2/c19-15-10-9-13(11-15)18(21)20-12-14-5-1-4-8-17(14)22-16-6-2-3-7-16/h1,4-5,8,13,15-16H,2-3,6-7,9-12,19H2,(H,20,21). The summed E-state index contributed by atoms with van der Waals surface area (Å²) < 4.78 is 6.11. The largest absolute Gasteiger partial charge is 0.490 e. The first kappa shape index (κ1) is 15.3. The van der Waals surface area contributed by atoms with Gasteiger partial charge in [0, 0.05) is 24.1 Å². The topological polar surface area (TPSA) is 64.4 Å². The highest BCUT2D eigenvalue weighted by Gasteiger charge is 2.27. The number of rotatable bonds is 5. The number of nitrogens with two attached hydrogens (primary N) is 1. The van der Waals surface area contributed by atoms with Gasteiger partial charge in [-0.25, -0.2) is 0 Å². The highest BCUT2D eigenvalue weighted by Crippen LogP contribution is 2.27. The molecule has 2 unspecified atom stereocenters. The second kappa shape index (κ2) is 7.14. The molecule has 4 heteroatoms. The van der Waals surface area contributed by atoms with E-state index in [2.05, 4.69) is 5.32 Å². The van der Waals surface area contributed by atoms with Gasteiger partial charge in [0.1, 0.15) is 5.75 Å². The van der Waals surface area contributed by atoms with Crippen LogP contribution in [0.25, 0.3) is 0 Å². The second-order valence-corrected chi connectivity index (χ2v) is 6.62. The number of hydrogen-bond donors (Lipinski definition) is 2. The molecule has 1 aromatic rings. The summed E-state index contributed by atoms with van der Waals surface area (Å²) in [5.74, 6) is 1.12. The minimum absolute atomic E-state index is 0.0814. The van der Waals surface area contributed by atoms with Gasteiger partial charge in [-0.3, -0.25) is 4.79 Å². The third-order valence-corrected chi connectivity index (χ3v) is 4.87. The van der Waals surface area contributed by atoms with Gasteiger partial charge in [0.2, 0.25) is 5.91 Å². The van der Waals surface area contributed by atoms with Crippen LogP contribution in [-0.4, -0.2) is 18.1 Å². The lowest BCUT2D eigenvalue weighted by Gasteiger charge is -2.17. The molecule has 2 aliphatic carbocycles. The second-order valence-electron chi connectivity index (χ2n) is 6.62. The smallest absolute Gasteiger partial charge is 0.223 e. The van der Waals surface area contributed by atoms with Gasteiger partial charge in [0.05, 0.1) is 6.10 Å². The first-order chi connectivity index (χ1) is 10.7. The van der Waals surface area contributed by atoms with Crippen LogP contribution in [0, 0.1) is 5.92 Å². The summed E-state index contributed by atoms with van der Waals surface area (Å²) in [5.41, 5.74) is 6.95. The molecule has 1 amide bonds. The lowest BCUT2D eigenvalue weighted by molar-refractivity contribution is -0.125. The zero-order valence-corrected chi connectivity index (χ0v) is 13.1. The predicted octanol–water partition coefficient (Wildman–Crippen LogP) is 2.75. The molecule has 0 aliphatic heterocycles. The van der Waals surface area contributed by atoms with Crippen molar-refractivity contribution in [3.63, 3.8) is 0 Å². The molecule has 2 saturated carbocycles. The van der Waals surface area contributed by atoms with Gasteiger partial charge in [-0.05, 0) is 51.0 Å². The van der Waals surface area contributed by atoms with Crippen LogP contribution in [0.3, 0.4) is 0 Å². The van der Waals surface area contributed by atoms with E-state index in [0.29, 0.717) is 12.6 Å². The van der Waals surface area contributed by atoms with Crippen LogP contribution in [0.15, 0.2) is 24.3 Å². The maximum atomic E-state index is 12.2. The van der Waals surface area contributed by atoms with E-state index in [9.17, 15) is 4.79 Å². The van der Waals surface area contributed by atoms with Gasteiger partial charge < -0.3 is 15.8 Å². The number of para-hydroxylation sites is 1. The Kier molecular flexibility index (Phi) is 4.98. The molecule has 120 valence electrons. The van der Waals surface area contributed by atoms with Gasteiger partial charge in [-0.15, -0.1) is 0 Å². The van der Waals surface area contributed by atoms with Crippen molar-refractivity contribution in [2.45, 2.75) is 63.6 Å². The fourth-order valence-electron chi connectivity index (χ4n) is 3.53. The van der Waals surface area contributed by atoms with Crippen molar-refractivity contribution in [3.8, 4) is 5.75 Å². The molecule has 0 saturated heterocycles. The normalized spacial score (nSPS) is 25.3. The summed E-state index contributed by atoms with van der Waals surface area (Å²) in [7, 11) is 0. The summed E-state index contributed by atoms with van der Waals surface area (Å²) in [6, 6.07) is 8.21. The number of hydrogen-bond acceptors (Lipinski definition) is 3. The number of carbonyl (C=O) groups excluding carboxylic acids is 1. The predicted molar refractivity (Wildman–Crippen MR) is 86.5 cm³/mol. The molecule has 1 aromatic carbocycles. The average molecular weight is 302 g/mol. The Bertz CT molecular complexity index is 512. The van der Waals surface area contributed by atoms with Gasteiger partial charge in [0.15, 0.2) is 0 Å². The summed E-state index contributed by atoms with van der Waals surface area (Å²) in [4.78, 5) is 12.2. The molecule has 22 heavy (non-hydrogen) atoms. The van der Waals surface area contributed by atoms with Crippen LogP contribution in [0.1, 0.15) is 50.5 Å². The van der Waals surface area contributed by atoms with Crippen molar-refractivity contribution in [3.05, 3.63) is 29.8 Å². The monoisotopic (exact) mass is 302 g/mol. The maximum absolute atomic E-state index is 12.2. The number of nitrogens with one attached hydrogen (secondary N) is 1. The Balaban J connectivity index is 1.56. The summed E-state index contributed by atoms with van der Waals surface area (Å²) in [6.07, 6.45) is 7.81. The Morgan fingerprint density at radius 1 is 1.18 bits per heavy atom. The zero-order chi connectivity index (χ0) is 15.4. The number of amides is 1. The van der Waals surface area contributed by atoms with E-state index in [4.69, 9.17) is 10.5 Å². The Hall–Kier alpha value is -1.55. The lowest BCUT2D eigenvalue weighted by Crippen LogP contribution is -2.30. The quantitative estimate of drug-likeness (QED) is 0.879. The van der Waals surface area contributed by atoms with E-state index in [1.807, 2.05) is 24.3 Å². The molecule has 2 aliphatic rings. The lowest BCUT2D eigenvalue weighted by atomic mass is 10.1. The average Bonchev–Trinajstić information content (AvgIpc) is 3.18. The molecular weight excluding hydrogens is 276 g/mol. The Morgan fingerprint density at radius 2 is 1.95 bits per heavy atom. The van der Waals surface area contributed by atoms with Crippen molar-refractivity contribution in [2.75, 3.05) is 0 Å². The van der Waals surface area contributed by atoms with Gasteiger partial charge >= 0.3 is 0 Å². The van der Waals surface area contributed by atoms with Crippen molar-refractivity contribution in [2.24, 2.45) is 11.7 Å². The maximum Gasteiger partial charge on any atom is 0.223 e. The number of carbonyl (C=O) groups is 1. The van der Waals surface area contributed by atoms with Crippen molar-refractivity contribution in [1.29, 1.82) is 0 Å². The molecule has 0 heterocycles. The summed E-state index contributed by atoms with van der Waals surface area (Å²) in [5, 5.41) is 3.05. The molecule has 3 rings (SSSR count). The van der Waals surface area contributed by atoms with Crippen LogP contribution < -0.4 is 15.8 Å². The molecule has 0 aromatic heterocycles. The van der Waals surface area contributed by atoms with Crippen LogP contribution in [0.2, 0.25) is 0 Å². The Labute approximate surface area is 132 Å². The third kappa shape index (κ3) is 3.80. The van der Waals surface area contributed by atoms with E-state index < -0.39 is 0 Å². The Morgan fingerprint density at radius 3 is 2.68 bits per heavy atom. The third-order valence-electron chi connectivity index (χ3n) is 4.87. The first-order valence-electron chi connectivity index (χ1n) is 8.50. The van der Waals surface area contributed by atoms with E-state index in [1.54, 1.807) is 0 Å². The molecule has 0 spiro atoms. The molecule has 0 radical (unpaired) electrons. The molecule has 3 N–H and O–H groups in total. The highest BCUT2D eigenvalue weighted by atomic mass is 16.5. The highest BCUT2D eigenvalue weighted by molar-refractivity contribution is 5.79. The molecule has 4 nitrogen and oxygen atoms in total. The van der Waals surface area contributed by atoms with Crippen molar-refractivity contribution >= 4 is 5.91 Å². The zero-order valence-electron chi connectivity index (χ0n) is 13.1. The SMILES string of the molecule is NC1CCC(C(=O)NCc2ccccc2OC2CCCC2)C1. The molecule has 2 fully saturated rings. The van der Waals surface area contributed by atoms with Crippen LogP contribution in [0.4, 0.5) is 0 Å². The summed E-state index contributed by atoms with van der Waals surface area (Å²) >= 11 is 0. The summed E-state index contributed by atoms with van der Waals surface area (Å²) in [6.45, 7) is 0.535. The number of benzene rings is 1. The van der Waals surface area contributed by atoms with Gasteiger partial charge in [0.25, 0.3) is 0 Å². The van der Waals surface area contributed by atoms with E-state index >= 15 is 0 Å².